The number of hydrogen-bond donors (Lipinski definition) is 0. The highest BCUT2D eigenvalue weighted by Crippen LogP contribution is 2.13. The van der Waals surface area contributed by atoms with E-state index in [0.717, 1.165) is 116 Å². The zero-order chi connectivity index (χ0) is 48.6. The van der Waals surface area contributed by atoms with E-state index in [2.05, 4.69) is 118 Å². The van der Waals surface area contributed by atoms with Crippen molar-refractivity contribution in [2.24, 2.45) is 0 Å². The highest BCUT2D eigenvalue weighted by Gasteiger charge is 2.19. The monoisotopic (exact) mass is 931 g/mol. The van der Waals surface area contributed by atoms with Crippen molar-refractivity contribution in [3.63, 3.8) is 0 Å². The summed E-state index contributed by atoms with van der Waals surface area (Å²) in [4.78, 5) is 38.1. The number of hydrogen-bond acceptors (Lipinski definition) is 6. The predicted molar refractivity (Wildman–Crippen MR) is 288 cm³/mol. The third-order valence-corrected chi connectivity index (χ3v) is 11.5. The summed E-state index contributed by atoms with van der Waals surface area (Å²) in [6, 6.07) is 0. The van der Waals surface area contributed by atoms with E-state index in [1.807, 2.05) is 0 Å². The van der Waals surface area contributed by atoms with Crippen LogP contribution in [0.4, 0.5) is 0 Å². The minimum Gasteiger partial charge on any atom is -0.462 e. The number of carbonyl (C=O) groups is 3. The number of esters is 3. The largest absolute Gasteiger partial charge is 0.462 e. The Morgan fingerprint density at radius 2 is 0.537 bits per heavy atom. The summed E-state index contributed by atoms with van der Waals surface area (Å²) in [5.74, 6) is -0.969. The van der Waals surface area contributed by atoms with Crippen LogP contribution in [-0.4, -0.2) is 37.2 Å². The Labute approximate surface area is 413 Å². The fourth-order valence-corrected chi connectivity index (χ4v) is 7.31. The molecular weight excluding hydrogens is 829 g/mol. The quantitative estimate of drug-likeness (QED) is 0.0262. The third-order valence-electron chi connectivity index (χ3n) is 11.5. The SMILES string of the molecule is CCCCC/C=C\C/C=C\C/C=C\CCCCCCCCC(=O)OC[C@@H](COC(=O)CCCCCCC/C=C\C/C=C\CCCCC)OC(=O)CCCC/C=C\C/C=C\C/C=C\CCCCC. The second-order valence-corrected chi connectivity index (χ2v) is 18.1. The summed E-state index contributed by atoms with van der Waals surface area (Å²) in [5, 5.41) is 0. The number of rotatable bonds is 49. The molecule has 6 heteroatoms. The van der Waals surface area contributed by atoms with Crippen molar-refractivity contribution in [2.75, 3.05) is 13.2 Å². The first-order chi connectivity index (χ1) is 33.0. The maximum atomic E-state index is 12.8. The minimum atomic E-state index is -0.810. The van der Waals surface area contributed by atoms with Crippen molar-refractivity contribution in [1.29, 1.82) is 0 Å². The van der Waals surface area contributed by atoms with Crippen LogP contribution in [0.1, 0.15) is 252 Å². The lowest BCUT2D eigenvalue weighted by Gasteiger charge is -2.18. The molecule has 6 nitrogen and oxygen atoms in total. The molecular formula is C61H102O6. The Kier molecular flexibility index (Phi) is 51.9. The van der Waals surface area contributed by atoms with Crippen LogP contribution < -0.4 is 0 Å². The molecule has 382 valence electrons. The third kappa shape index (κ3) is 53.2. The van der Waals surface area contributed by atoms with Crippen molar-refractivity contribution in [1.82, 2.24) is 0 Å². The predicted octanol–water partition coefficient (Wildman–Crippen LogP) is 18.5. The van der Waals surface area contributed by atoms with Gasteiger partial charge in [-0.2, -0.15) is 0 Å². The number of carbonyl (C=O) groups excluding carboxylic acids is 3. The van der Waals surface area contributed by atoms with Crippen molar-refractivity contribution in [2.45, 2.75) is 258 Å². The summed E-state index contributed by atoms with van der Waals surface area (Å²) in [7, 11) is 0. The van der Waals surface area contributed by atoms with Gasteiger partial charge in [0, 0.05) is 19.3 Å². The molecule has 0 rings (SSSR count). The van der Waals surface area contributed by atoms with Gasteiger partial charge in [0.15, 0.2) is 6.10 Å². The van der Waals surface area contributed by atoms with Crippen LogP contribution in [0.15, 0.2) is 97.2 Å². The van der Waals surface area contributed by atoms with E-state index in [4.69, 9.17) is 14.2 Å². The molecule has 0 aromatic carbocycles. The first kappa shape index (κ1) is 63.3. The molecule has 0 aromatic rings. The molecule has 0 N–H and O–H groups in total. The van der Waals surface area contributed by atoms with Crippen molar-refractivity contribution < 1.29 is 28.6 Å². The van der Waals surface area contributed by atoms with E-state index < -0.39 is 6.10 Å². The summed E-state index contributed by atoms with van der Waals surface area (Å²) >= 11 is 0. The second kappa shape index (κ2) is 54.9. The fraction of sp³-hybridized carbons (Fsp3) is 0.689. The molecule has 0 spiro atoms. The molecule has 0 saturated heterocycles. The Balaban J connectivity index is 4.49. The van der Waals surface area contributed by atoms with Gasteiger partial charge in [-0.05, 0) is 128 Å². The van der Waals surface area contributed by atoms with E-state index in [9.17, 15) is 14.4 Å². The standard InChI is InChI=1S/C61H102O6/c1-4-7-10-13-16-19-22-25-28-29-30-31-34-36-39-42-45-48-51-54-60(63)66-57-58(67-61(64)55-52-49-46-43-40-37-33-27-24-21-18-15-12-9-6-3)56-65-59(62)53-50-47-44-41-38-35-32-26-23-20-17-14-11-8-5-2/h16-21,25-28,30-33,40,43,58H,4-15,22-24,29,34-39,41-42,44-57H2,1-3H3/b19-16-,20-17-,21-18-,28-25-,31-30-,32-26-,33-27-,43-40-/t58-/m1/s1. The molecule has 0 heterocycles. The Morgan fingerprint density at radius 1 is 0.299 bits per heavy atom. The molecule has 0 fully saturated rings. The Hall–Kier alpha value is -3.67. The average Bonchev–Trinajstić information content (AvgIpc) is 3.33. The lowest BCUT2D eigenvalue weighted by atomic mass is 10.1. The Morgan fingerprint density at radius 3 is 0.866 bits per heavy atom. The normalized spacial score (nSPS) is 12.8. The lowest BCUT2D eigenvalue weighted by Crippen LogP contribution is -2.30. The molecule has 0 aromatic heterocycles. The molecule has 0 amide bonds. The van der Waals surface area contributed by atoms with Crippen molar-refractivity contribution >= 4 is 17.9 Å². The van der Waals surface area contributed by atoms with Gasteiger partial charge in [-0.1, -0.05) is 201 Å². The van der Waals surface area contributed by atoms with Gasteiger partial charge < -0.3 is 14.2 Å². The van der Waals surface area contributed by atoms with E-state index in [0.29, 0.717) is 19.3 Å². The lowest BCUT2D eigenvalue weighted by molar-refractivity contribution is -0.167. The maximum absolute atomic E-state index is 12.8. The number of unbranched alkanes of at least 4 members (excludes halogenated alkanes) is 22. The van der Waals surface area contributed by atoms with Crippen LogP contribution in [0, 0.1) is 0 Å². The van der Waals surface area contributed by atoms with E-state index in [1.165, 1.54) is 89.9 Å². The zero-order valence-corrected chi connectivity index (χ0v) is 43.6. The smallest absolute Gasteiger partial charge is 0.306 e. The molecule has 0 aliphatic heterocycles. The number of allylic oxidation sites excluding steroid dienone is 16. The summed E-state index contributed by atoms with van der Waals surface area (Å²) < 4.78 is 16.8. The van der Waals surface area contributed by atoms with Gasteiger partial charge >= 0.3 is 17.9 Å². The first-order valence-corrected chi connectivity index (χ1v) is 27.7. The maximum Gasteiger partial charge on any atom is 0.306 e. The van der Waals surface area contributed by atoms with Gasteiger partial charge in [-0.15, -0.1) is 0 Å². The van der Waals surface area contributed by atoms with Crippen LogP contribution >= 0.6 is 0 Å². The summed E-state index contributed by atoms with van der Waals surface area (Å²) in [6.45, 7) is 6.50. The first-order valence-electron chi connectivity index (χ1n) is 27.7. The average molecular weight is 931 g/mol. The minimum absolute atomic E-state index is 0.105. The van der Waals surface area contributed by atoms with Crippen LogP contribution in [0.3, 0.4) is 0 Å². The molecule has 0 bridgehead atoms. The van der Waals surface area contributed by atoms with Gasteiger partial charge in [0.2, 0.25) is 0 Å². The Bertz CT molecular complexity index is 1350. The van der Waals surface area contributed by atoms with Gasteiger partial charge in [0.05, 0.1) is 0 Å². The number of ether oxygens (including phenoxy) is 3. The molecule has 0 saturated carbocycles. The summed E-state index contributed by atoms with van der Waals surface area (Å²) in [5.41, 5.74) is 0. The highest BCUT2D eigenvalue weighted by atomic mass is 16.6. The van der Waals surface area contributed by atoms with Gasteiger partial charge in [0.1, 0.15) is 13.2 Å². The topological polar surface area (TPSA) is 78.9 Å². The van der Waals surface area contributed by atoms with E-state index in [1.54, 1.807) is 0 Å². The van der Waals surface area contributed by atoms with Crippen LogP contribution in [0.5, 0.6) is 0 Å². The van der Waals surface area contributed by atoms with Gasteiger partial charge in [-0.25, -0.2) is 0 Å². The van der Waals surface area contributed by atoms with E-state index >= 15 is 0 Å². The highest BCUT2D eigenvalue weighted by molar-refractivity contribution is 5.71. The molecule has 1 atom stereocenters. The van der Waals surface area contributed by atoms with Crippen molar-refractivity contribution in [3.8, 4) is 0 Å². The van der Waals surface area contributed by atoms with Crippen LogP contribution in [0.2, 0.25) is 0 Å². The summed E-state index contributed by atoms with van der Waals surface area (Å²) in [6.07, 6.45) is 72.4. The van der Waals surface area contributed by atoms with Crippen LogP contribution in [-0.2, 0) is 28.6 Å². The molecule has 0 radical (unpaired) electrons. The van der Waals surface area contributed by atoms with Gasteiger partial charge in [0.25, 0.3) is 0 Å². The van der Waals surface area contributed by atoms with Crippen LogP contribution in [0.25, 0.3) is 0 Å². The molecule has 67 heavy (non-hydrogen) atoms. The molecule has 0 unspecified atom stereocenters. The second-order valence-electron chi connectivity index (χ2n) is 18.1. The molecule has 0 aliphatic carbocycles. The van der Waals surface area contributed by atoms with E-state index in [-0.39, 0.29) is 37.5 Å². The molecule has 0 aliphatic rings. The zero-order valence-electron chi connectivity index (χ0n) is 43.6. The fourth-order valence-electron chi connectivity index (χ4n) is 7.31. The van der Waals surface area contributed by atoms with Gasteiger partial charge in [-0.3, -0.25) is 14.4 Å². The van der Waals surface area contributed by atoms with Crippen molar-refractivity contribution in [3.05, 3.63) is 97.2 Å².